The first-order chi connectivity index (χ1) is 14.7. The Bertz CT molecular complexity index is 1010. The molecule has 6 nitrogen and oxygen atoms in total. The lowest BCUT2D eigenvalue weighted by Gasteiger charge is -2.36. The lowest BCUT2D eigenvalue weighted by molar-refractivity contribution is -0.131. The molecule has 1 amide bonds. The van der Waals surface area contributed by atoms with Gasteiger partial charge in [0.1, 0.15) is 23.5 Å². The van der Waals surface area contributed by atoms with E-state index in [1.807, 2.05) is 29.2 Å². The third-order valence-electron chi connectivity index (χ3n) is 5.44. The maximum Gasteiger partial charge on any atom is 0.223 e. The van der Waals surface area contributed by atoms with Crippen molar-refractivity contribution in [1.29, 1.82) is 0 Å². The molecule has 2 aromatic carbocycles. The number of methoxy groups -OCH3 is 1. The van der Waals surface area contributed by atoms with Crippen molar-refractivity contribution in [2.24, 2.45) is 0 Å². The van der Waals surface area contributed by atoms with Crippen molar-refractivity contribution in [2.75, 3.05) is 38.2 Å². The van der Waals surface area contributed by atoms with Crippen molar-refractivity contribution in [2.45, 2.75) is 12.8 Å². The average molecular weight is 409 g/mol. The molecule has 1 fully saturated rings. The Labute approximate surface area is 174 Å². The Kier molecular flexibility index (Phi) is 5.97. The van der Waals surface area contributed by atoms with Crippen molar-refractivity contribution in [3.63, 3.8) is 0 Å². The molecule has 1 aromatic heterocycles. The summed E-state index contributed by atoms with van der Waals surface area (Å²) < 4.78 is 24.6. The summed E-state index contributed by atoms with van der Waals surface area (Å²) in [5, 5.41) is 3.94. The fourth-order valence-electron chi connectivity index (χ4n) is 3.80. The highest BCUT2D eigenvalue weighted by molar-refractivity contribution is 5.77. The summed E-state index contributed by atoms with van der Waals surface area (Å²) in [5.41, 5.74) is 2.63. The Balaban J connectivity index is 1.34. The van der Waals surface area contributed by atoms with E-state index in [1.165, 1.54) is 12.3 Å². The van der Waals surface area contributed by atoms with E-state index < -0.39 is 0 Å². The first-order valence-electron chi connectivity index (χ1n) is 10.0. The first-order valence-corrected chi connectivity index (χ1v) is 10.0. The number of halogens is 1. The van der Waals surface area contributed by atoms with Gasteiger partial charge in [-0.05, 0) is 30.7 Å². The van der Waals surface area contributed by atoms with Gasteiger partial charge in [-0.15, -0.1) is 0 Å². The number of hydrogen-bond acceptors (Lipinski definition) is 5. The van der Waals surface area contributed by atoms with Crippen LogP contribution >= 0.6 is 0 Å². The molecular weight excluding hydrogens is 385 g/mol. The van der Waals surface area contributed by atoms with Gasteiger partial charge in [-0.2, -0.15) is 0 Å². The molecule has 1 aliphatic heterocycles. The molecule has 7 heteroatoms. The average Bonchev–Trinajstić information content (AvgIpc) is 3.26. The molecule has 4 rings (SSSR count). The Hall–Kier alpha value is -3.35. The van der Waals surface area contributed by atoms with Gasteiger partial charge in [0, 0.05) is 43.7 Å². The SMILES string of the molecule is COc1ccccc1N1CCN(C(=O)CCc2conc2-c2ccccc2F)CC1. The number of carbonyl (C=O) groups is 1. The summed E-state index contributed by atoms with van der Waals surface area (Å²) in [6.07, 6.45) is 2.28. The Morgan fingerprint density at radius 1 is 1.10 bits per heavy atom. The molecule has 0 spiro atoms. The van der Waals surface area contributed by atoms with E-state index >= 15 is 0 Å². The number of aryl methyl sites for hydroxylation is 1. The van der Waals surface area contributed by atoms with Crippen LogP contribution in [0.2, 0.25) is 0 Å². The standard InChI is InChI=1S/C23H24FN3O3/c1-29-21-9-5-4-8-20(21)26-12-14-27(15-13-26)22(28)11-10-17-16-30-25-23(17)18-6-2-3-7-19(18)24/h2-9,16H,10-15H2,1H3. The van der Waals surface area contributed by atoms with Gasteiger partial charge in [-0.25, -0.2) is 4.39 Å². The topological polar surface area (TPSA) is 58.8 Å². The van der Waals surface area contributed by atoms with E-state index in [0.717, 1.165) is 30.1 Å². The molecule has 1 aliphatic rings. The predicted octanol–water partition coefficient (Wildman–Crippen LogP) is 3.77. The molecule has 30 heavy (non-hydrogen) atoms. The van der Waals surface area contributed by atoms with Crippen LogP contribution in [0, 0.1) is 5.82 Å². The minimum absolute atomic E-state index is 0.0790. The minimum atomic E-state index is -0.355. The molecule has 0 saturated carbocycles. The van der Waals surface area contributed by atoms with Crippen LogP contribution in [0.4, 0.5) is 10.1 Å². The first kappa shape index (κ1) is 19.9. The minimum Gasteiger partial charge on any atom is -0.495 e. The number of nitrogens with zero attached hydrogens (tertiary/aromatic N) is 3. The fraction of sp³-hybridized carbons (Fsp3) is 0.304. The smallest absolute Gasteiger partial charge is 0.223 e. The van der Waals surface area contributed by atoms with Crippen LogP contribution in [0.1, 0.15) is 12.0 Å². The molecule has 0 aliphatic carbocycles. The summed E-state index contributed by atoms with van der Waals surface area (Å²) in [6, 6.07) is 14.3. The number of rotatable bonds is 6. The second-order valence-corrected chi connectivity index (χ2v) is 7.21. The molecule has 0 radical (unpaired) electrons. The lowest BCUT2D eigenvalue weighted by Crippen LogP contribution is -2.48. The van der Waals surface area contributed by atoms with Gasteiger partial charge in [-0.3, -0.25) is 4.79 Å². The zero-order valence-electron chi connectivity index (χ0n) is 16.9. The highest BCUT2D eigenvalue weighted by Gasteiger charge is 2.23. The van der Waals surface area contributed by atoms with E-state index in [9.17, 15) is 9.18 Å². The Morgan fingerprint density at radius 3 is 2.60 bits per heavy atom. The number of ether oxygens (including phenoxy) is 1. The van der Waals surface area contributed by atoms with Crippen LogP contribution in [0.25, 0.3) is 11.3 Å². The number of amides is 1. The van der Waals surface area contributed by atoms with E-state index in [0.29, 0.717) is 37.2 Å². The summed E-state index contributed by atoms with van der Waals surface area (Å²) in [5.74, 6) is 0.562. The molecular formula is C23H24FN3O3. The van der Waals surface area contributed by atoms with Crippen molar-refractivity contribution in [3.8, 4) is 17.0 Å². The zero-order chi connectivity index (χ0) is 20.9. The number of aromatic nitrogens is 1. The highest BCUT2D eigenvalue weighted by atomic mass is 19.1. The van der Waals surface area contributed by atoms with E-state index in [-0.39, 0.29) is 11.7 Å². The van der Waals surface area contributed by atoms with Crippen LogP contribution in [0.15, 0.2) is 59.3 Å². The number of anilines is 1. The van der Waals surface area contributed by atoms with Gasteiger partial charge in [0.05, 0.1) is 12.8 Å². The number of para-hydroxylation sites is 2. The molecule has 0 N–H and O–H groups in total. The number of hydrogen-bond donors (Lipinski definition) is 0. The molecule has 3 aromatic rings. The maximum absolute atomic E-state index is 14.1. The third-order valence-corrected chi connectivity index (χ3v) is 5.44. The molecule has 0 bridgehead atoms. The summed E-state index contributed by atoms with van der Waals surface area (Å²) >= 11 is 0. The molecule has 2 heterocycles. The van der Waals surface area contributed by atoms with Crippen molar-refractivity contribution < 1.29 is 18.4 Å². The zero-order valence-corrected chi connectivity index (χ0v) is 16.9. The van der Waals surface area contributed by atoms with Crippen LogP contribution in [0.5, 0.6) is 5.75 Å². The van der Waals surface area contributed by atoms with Crippen molar-refractivity contribution in [1.82, 2.24) is 10.1 Å². The third kappa shape index (κ3) is 4.15. The monoisotopic (exact) mass is 409 g/mol. The van der Waals surface area contributed by atoms with E-state index in [4.69, 9.17) is 9.26 Å². The van der Waals surface area contributed by atoms with Crippen LogP contribution in [0.3, 0.4) is 0 Å². The maximum atomic E-state index is 14.1. The molecule has 0 unspecified atom stereocenters. The van der Waals surface area contributed by atoms with Gasteiger partial charge >= 0.3 is 0 Å². The summed E-state index contributed by atoms with van der Waals surface area (Å²) in [7, 11) is 1.67. The van der Waals surface area contributed by atoms with Crippen molar-refractivity contribution >= 4 is 11.6 Å². The fourth-order valence-corrected chi connectivity index (χ4v) is 3.80. The van der Waals surface area contributed by atoms with Crippen LogP contribution < -0.4 is 9.64 Å². The highest BCUT2D eigenvalue weighted by Crippen LogP contribution is 2.29. The Morgan fingerprint density at radius 2 is 1.83 bits per heavy atom. The summed E-state index contributed by atoms with van der Waals surface area (Å²) in [4.78, 5) is 16.8. The largest absolute Gasteiger partial charge is 0.495 e. The number of benzene rings is 2. The summed E-state index contributed by atoms with van der Waals surface area (Å²) in [6.45, 7) is 2.81. The van der Waals surface area contributed by atoms with Gasteiger partial charge in [0.2, 0.25) is 5.91 Å². The second-order valence-electron chi connectivity index (χ2n) is 7.21. The van der Waals surface area contributed by atoms with E-state index in [1.54, 1.807) is 25.3 Å². The lowest BCUT2D eigenvalue weighted by atomic mass is 10.0. The molecule has 0 atom stereocenters. The number of carbonyl (C=O) groups excluding carboxylic acids is 1. The van der Waals surface area contributed by atoms with E-state index in [2.05, 4.69) is 10.1 Å². The van der Waals surface area contributed by atoms with Gasteiger partial charge < -0.3 is 19.1 Å². The van der Waals surface area contributed by atoms with Gasteiger partial charge in [0.15, 0.2) is 0 Å². The quantitative estimate of drug-likeness (QED) is 0.620. The van der Waals surface area contributed by atoms with Crippen molar-refractivity contribution in [3.05, 3.63) is 66.2 Å². The normalized spacial score (nSPS) is 14.1. The molecule has 1 saturated heterocycles. The van der Waals surface area contributed by atoms with Crippen LogP contribution in [-0.4, -0.2) is 49.3 Å². The number of piperazine rings is 1. The second kappa shape index (κ2) is 8.98. The van der Waals surface area contributed by atoms with Gasteiger partial charge in [-0.1, -0.05) is 29.4 Å². The van der Waals surface area contributed by atoms with Crippen LogP contribution in [-0.2, 0) is 11.2 Å². The molecule has 156 valence electrons. The predicted molar refractivity (Wildman–Crippen MR) is 112 cm³/mol. The van der Waals surface area contributed by atoms with Gasteiger partial charge in [0.25, 0.3) is 0 Å².